The number of piperidine rings is 1. The summed E-state index contributed by atoms with van der Waals surface area (Å²) < 4.78 is 0. The number of carboxylic acid groups (broad SMARTS) is 1. The Balaban J connectivity index is 1.38. The third-order valence-corrected chi connectivity index (χ3v) is 9.43. The molecular weight excluding hydrogens is 533 g/mol. The van der Waals surface area contributed by atoms with Gasteiger partial charge in [-0.05, 0) is 102 Å². The van der Waals surface area contributed by atoms with E-state index in [0.717, 1.165) is 79.5 Å². The van der Waals surface area contributed by atoms with Crippen molar-refractivity contribution in [2.45, 2.75) is 51.4 Å². The van der Waals surface area contributed by atoms with Gasteiger partial charge in [0, 0.05) is 31.1 Å². The van der Waals surface area contributed by atoms with Gasteiger partial charge in [-0.25, -0.2) is 0 Å². The van der Waals surface area contributed by atoms with Crippen molar-refractivity contribution < 1.29 is 19.9 Å². The van der Waals surface area contributed by atoms with Crippen LogP contribution in [0, 0.1) is 11.3 Å². The van der Waals surface area contributed by atoms with Crippen LogP contribution in [-0.2, 0) is 4.79 Å². The summed E-state index contributed by atoms with van der Waals surface area (Å²) in [5.41, 5.74) is 7.53. The molecule has 0 bridgehead atoms. The van der Waals surface area contributed by atoms with E-state index in [0.29, 0.717) is 35.5 Å². The van der Waals surface area contributed by atoms with Crippen molar-refractivity contribution in [1.82, 2.24) is 0 Å². The molecule has 0 aromatic heterocycles. The Morgan fingerprint density at radius 3 is 1.95 bits per heavy atom. The zero-order valence-corrected chi connectivity index (χ0v) is 24.3. The largest absolute Gasteiger partial charge is 0.488 e. The molecule has 41 heavy (non-hydrogen) atoms. The Morgan fingerprint density at radius 2 is 1.41 bits per heavy atom. The van der Waals surface area contributed by atoms with Crippen molar-refractivity contribution in [1.29, 1.82) is 0 Å². The van der Waals surface area contributed by atoms with Crippen LogP contribution in [0.25, 0.3) is 11.1 Å². The molecule has 1 aliphatic carbocycles. The molecule has 7 heteroatoms. The van der Waals surface area contributed by atoms with Crippen LogP contribution < -0.4 is 10.4 Å². The molecule has 3 aromatic carbocycles. The van der Waals surface area contributed by atoms with E-state index in [2.05, 4.69) is 41.3 Å². The lowest BCUT2D eigenvalue weighted by molar-refractivity contribution is -0.138. The third-order valence-electron chi connectivity index (χ3n) is 9.24. The lowest BCUT2D eigenvalue weighted by Crippen LogP contribution is -2.42. The third kappa shape index (κ3) is 7.06. The van der Waals surface area contributed by atoms with Crippen molar-refractivity contribution in [3.05, 3.63) is 95.6 Å². The van der Waals surface area contributed by atoms with Gasteiger partial charge in [0.15, 0.2) is 0 Å². The van der Waals surface area contributed by atoms with Crippen molar-refractivity contribution in [2.75, 3.05) is 23.9 Å². The SMILES string of the molecule is O=C(O)CC1CCC2(CC1)CCN(c1ccc(/C(=C(/CCCl)c3ccccc3)c3ccc(B(O)O)cc3)cc1)CC2. The number of alkyl halides is 1. The maximum Gasteiger partial charge on any atom is 0.488 e. The fourth-order valence-corrected chi connectivity index (χ4v) is 6.99. The highest BCUT2D eigenvalue weighted by molar-refractivity contribution is 6.58. The Labute approximate surface area is 248 Å². The molecule has 1 saturated carbocycles. The normalized spacial score (nSPS) is 17.8. The van der Waals surface area contributed by atoms with E-state index in [1.807, 2.05) is 30.3 Å². The number of hydrogen-bond acceptors (Lipinski definition) is 4. The Morgan fingerprint density at radius 1 is 0.829 bits per heavy atom. The van der Waals surface area contributed by atoms with Crippen LogP contribution in [0.1, 0.15) is 68.1 Å². The Kier molecular flexibility index (Phi) is 9.54. The molecule has 1 heterocycles. The Bertz CT molecular complexity index is 1320. The van der Waals surface area contributed by atoms with Crippen LogP contribution in [0.15, 0.2) is 78.9 Å². The number of allylic oxidation sites excluding steroid dienone is 1. The second kappa shape index (κ2) is 13.3. The maximum atomic E-state index is 11.1. The fraction of sp³-hybridized carbons (Fsp3) is 0.382. The van der Waals surface area contributed by atoms with Crippen LogP contribution in [0.3, 0.4) is 0 Å². The van der Waals surface area contributed by atoms with Gasteiger partial charge in [-0.15, -0.1) is 11.6 Å². The van der Waals surface area contributed by atoms with E-state index in [9.17, 15) is 14.8 Å². The lowest BCUT2D eigenvalue weighted by atomic mass is 9.65. The quantitative estimate of drug-likeness (QED) is 0.162. The average molecular weight is 572 g/mol. The Hall–Kier alpha value is -3.06. The first kappa shape index (κ1) is 29.4. The molecule has 214 valence electrons. The zero-order chi connectivity index (χ0) is 28.8. The molecule has 1 spiro atoms. The molecular formula is C34H39BClNO4. The van der Waals surface area contributed by atoms with Crippen molar-refractivity contribution in [3.8, 4) is 0 Å². The molecule has 2 aliphatic rings. The van der Waals surface area contributed by atoms with Gasteiger partial charge in [0.25, 0.3) is 0 Å². The standard InChI is InChI=1S/C34H39BClNO4/c36-21-16-31(26-4-2-1-3-5-26)33(27-6-10-29(11-7-27)35(40)41)28-8-12-30(13-9-28)37-22-19-34(20-23-37)17-14-25(15-18-34)24-32(38)39/h1-13,25,40-41H,14-24H2,(H,38,39)/b33-31-. The molecule has 0 atom stereocenters. The highest BCUT2D eigenvalue weighted by atomic mass is 35.5. The maximum absolute atomic E-state index is 11.1. The average Bonchev–Trinajstić information content (AvgIpc) is 2.99. The number of carbonyl (C=O) groups is 1. The van der Waals surface area contributed by atoms with Crippen LogP contribution in [0.4, 0.5) is 5.69 Å². The summed E-state index contributed by atoms with van der Waals surface area (Å²) in [5, 5.41) is 28.4. The topological polar surface area (TPSA) is 81.0 Å². The van der Waals surface area contributed by atoms with E-state index in [4.69, 9.17) is 16.7 Å². The number of benzene rings is 3. The van der Waals surface area contributed by atoms with Crippen LogP contribution >= 0.6 is 11.6 Å². The van der Waals surface area contributed by atoms with Gasteiger partial charge in [0.1, 0.15) is 0 Å². The number of carboxylic acids is 1. The predicted molar refractivity (Wildman–Crippen MR) is 168 cm³/mol. The molecule has 0 unspecified atom stereocenters. The van der Waals surface area contributed by atoms with Crippen molar-refractivity contribution in [3.63, 3.8) is 0 Å². The van der Waals surface area contributed by atoms with Gasteiger partial charge >= 0.3 is 13.1 Å². The van der Waals surface area contributed by atoms with Crippen molar-refractivity contribution in [2.24, 2.45) is 11.3 Å². The number of rotatable bonds is 9. The molecule has 1 aliphatic heterocycles. The highest BCUT2D eigenvalue weighted by Crippen LogP contribution is 2.47. The van der Waals surface area contributed by atoms with E-state index in [1.165, 1.54) is 5.69 Å². The summed E-state index contributed by atoms with van der Waals surface area (Å²) in [6.07, 6.45) is 7.74. The smallest absolute Gasteiger partial charge is 0.481 e. The van der Waals surface area contributed by atoms with Crippen LogP contribution in [0.5, 0.6) is 0 Å². The number of hydrogen-bond donors (Lipinski definition) is 3. The van der Waals surface area contributed by atoms with E-state index in [-0.39, 0.29) is 0 Å². The van der Waals surface area contributed by atoms with Gasteiger partial charge in [-0.2, -0.15) is 0 Å². The van der Waals surface area contributed by atoms with Crippen LogP contribution in [-0.4, -0.2) is 47.2 Å². The minimum absolute atomic E-state index is 0.315. The van der Waals surface area contributed by atoms with Gasteiger partial charge in [-0.3, -0.25) is 4.79 Å². The minimum atomic E-state index is -1.50. The summed E-state index contributed by atoms with van der Waals surface area (Å²) >= 11 is 6.32. The molecule has 5 rings (SSSR count). The van der Waals surface area contributed by atoms with E-state index in [1.54, 1.807) is 12.1 Å². The van der Waals surface area contributed by atoms with Gasteiger partial charge < -0.3 is 20.1 Å². The first-order valence-corrected chi connectivity index (χ1v) is 15.3. The number of halogens is 1. The van der Waals surface area contributed by atoms with E-state index >= 15 is 0 Å². The molecule has 0 radical (unpaired) electrons. The fourth-order valence-electron chi connectivity index (χ4n) is 6.80. The van der Waals surface area contributed by atoms with Crippen molar-refractivity contribution >= 4 is 47.0 Å². The summed E-state index contributed by atoms with van der Waals surface area (Å²) in [5.74, 6) is 0.170. The number of aliphatic carboxylic acids is 1. The molecule has 0 amide bonds. The first-order valence-electron chi connectivity index (χ1n) is 14.8. The number of anilines is 1. The summed E-state index contributed by atoms with van der Waals surface area (Å²) in [6.45, 7) is 2.05. The summed E-state index contributed by atoms with van der Waals surface area (Å²) in [7, 11) is -1.50. The monoisotopic (exact) mass is 571 g/mol. The molecule has 1 saturated heterocycles. The minimum Gasteiger partial charge on any atom is -0.481 e. The van der Waals surface area contributed by atoms with Gasteiger partial charge in [0.05, 0.1) is 0 Å². The second-order valence-electron chi connectivity index (χ2n) is 11.7. The second-order valence-corrected chi connectivity index (χ2v) is 12.1. The number of nitrogens with zero attached hydrogens (tertiary/aromatic N) is 1. The summed E-state index contributed by atoms with van der Waals surface area (Å²) in [6, 6.07) is 26.5. The molecule has 5 nitrogen and oxygen atoms in total. The van der Waals surface area contributed by atoms with E-state index < -0.39 is 13.1 Å². The highest BCUT2D eigenvalue weighted by Gasteiger charge is 2.38. The van der Waals surface area contributed by atoms with Gasteiger partial charge in [-0.1, -0.05) is 66.7 Å². The van der Waals surface area contributed by atoms with Gasteiger partial charge in [0.2, 0.25) is 0 Å². The lowest BCUT2D eigenvalue weighted by Gasteiger charge is -2.46. The molecule has 3 aromatic rings. The first-order chi connectivity index (χ1) is 19.9. The van der Waals surface area contributed by atoms with Crippen LogP contribution in [0.2, 0.25) is 0 Å². The predicted octanol–water partition coefficient (Wildman–Crippen LogP) is 6.21. The summed E-state index contributed by atoms with van der Waals surface area (Å²) in [4.78, 5) is 13.6. The molecule has 3 N–H and O–H groups in total. The zero-order valence-electron chi connectivity index (χ0n) is 23.5. The molecule has 2 fully saturated rings.